The molecule has 0 aliphatic heterocycles. The predicted molar refractivity (Wildman–Crippen MR) is 125 cm³/mol. The van der Waals surface area contributed by atoms with Crippen LogP contribution in [0.1, 0.15) is 18.1 Å². The van der Waals surface area contributed by atoms with Gasteiger partial charge in [-0.05, 0) is 42.3 Å². The fourth-order valence-electron chi connectivity index (χ4n) is 3.29. The number of fused-ring (bicyclic) bond motifs is 1. The van der Waals surface area contributed by atoms with Crippen LogP contribution >= 0.6 is 11.8 Å². The molecule has 3 aromatic carbocycles. The maximum absolute atomic E-state index is 13.3. The third-order valence-corrected chi connectivity index (χ3v) is 6.13. The Hall–Kier alpha value is -3.45. The Kier molecular flexibility index (Phi) is 6.66. The number of aromatic nitrogens is 2. The molecule has 4 rings (SSSR count). The smallest absolute Gasteiger partial charge is 0.262 e. The highest BCUT2D eigenvalue weighted by Crippen LogP contribution is 2.23. The highest BCUT2D eigenvalue weighted by Gasteiger charge is 2.19. The first-order valence-corrected chi connectivity index (χ1v) is 11.1. The summed E-state index contributed by atoms with van der Waals surface area (Å²) in [5, 5.41) is 3.41. The van der Waals surface area contributed by atoms with E-state index in [9.17, 15) is 14.0 Å². The Morgan fingerprint density at radius 3 is 2.44 bits per heavy atom. The standard InChI is InChI=1S/C25H22FN3O2S/c1-17(23(30)27-15-18-7-3-2-4-8-18)32-25-28-22-10-6-5-9-21(22)24(31)29(25)16-19-11-13-20(26)14-12-19/h2-14,17H,15-16H2,1H3,(H,27,30)/t17-/m1/s1. The van der Waals surface area contributed by atoms with Crippen LogP contribution < -0.4 is 10.9 Å². The fourth-order valence-corrected chi connectivity index (χ4v) is 4.22. The highest BCUT2D eigenvalue weighted by molar-refractivity contribution is 8.00. The molecule has 0 fully saturated rings. The van der Waals surface area contributed by atoms with Crippen molar-refractivity contribution >= 4 is 28.6 Å². The monoisotopic (exact) mass is 447 g/mol. The average Bonchev–Trinajstić information content (AvgIpc) is 2.82. The minimum atomic E-state index is -0.466. The van der Waals surface area contributed by atoms with Gasteiger partial charge < -0.3 is 5.32 Å². The second-order valence-corrected chi connectivity index (χ2v) is 8.70. The number of rotatable bonds is 7. The van der Waals surface area contributed by atoms with Crippen LogP contribution in [0.5, 0.6) is 0 Å². The van der Waals surface area contributed by atoms with E-state index in [0.29, 0.717) is 22.6 Å². The number of nitrogens with zero attached hydrogens (tertiary/aromatic N) is 2. The molecule has 0 aliphatic rings. The molecule has 1 heterocycles. The fraction of sp³-hybridized carbons (Fsp3) is 0.160. The first-order valence-electron chi connectivity index (χ1n) is 10.2. The Bertz CT molecular complexity index is 1290. The molecule has 0 spiro atoms. The molecule has 1 amide bonds. The first kappa shape index (κ1) is 21.8. The van der Waals surface area contributed by atoms with Crippen molar-refractivity contribution in [1.29, 1.82) is 0 Å². The van der Waals surface area contributed by atoms with Gasteiger partial charge in [0.25, 0.3) is 5.56 Å². The van der Waals surface area contributed by atoms with Crippen LogP contribution in [-0.2, 0) is 17.9 Å². The summed E-state index contributed by atoms with van der Waals surface area (Å²) in [5.74, 6) is -0.481. The molecular formula is C25H22FN3O2S. The number of carbonyl (C=O) groups excluding carboxylic acids is 1. The van der Waals surface area contributed by atoms with Crippen LogP contribution in [0.4, 0.5) is 4.39 Å². The van der Waals surface area contributed by atoms with Gasteiger partial charge in [-0.2, -0.15) is 0 Å². The Labute approximate surface area is 189 Å². The van der Waals surface area contributed by atoms with E-state index < -0.39 is 5.25 Å². The second kappa shape index (κ2) is 9.78. The summed E-state index contributed by atoms with van der Waals surface area (Å²) in [5.41, 5.74) is 2.16. The number of nitrogens with one attached hydrogen (secondary N) is 1. The van der Waals surface area contributed by atoms with Gasteiger partial charge in [-0.15, -0.1) is 0 Å². The van der Waals surface area contributed by atoms with Gasteiger partial charge in [0.2, 0.25) is 5.91 Å². The van der Waals surface area contributed by atoms with Crippen molar-refractivity contribution in [2.75, 3.05) is 0 Å². The Morgan fingerprint density at radius 1 is 1.00 bits per heavy atom. The van der Waals surface area contributed by atoms with Crippen molar-refractivity contribution in [2.24, 2.45) is 0 Å². The van der Waals surface area contributed by atoms with Gasteiger partial charge in [0.05, 0.1) is 22.7 Å². The summed E-state index contributed by atoms with van der Waals surface area (Å²) in [6.45, 7) is 2.45. The van der Waals surface area contributed by atoms with Crippen LogP contribution in [0.25, 0.3) is 10.9 Å². The van der Waals surface area contributed by atoms with Gasteiger partial charge in [-0.25, -0.2) is 9.37 Å². The molecule has 0 radical (unpaired) electrons. The van der Waals surface area contributed by atoms with Crippen molar-refractivity contribution in [2.45, 2.75) is 30.4 Å². The lowest BCUT2D eigenvalue weighted by Gasteiger charge is -2.16. The maximum Gasteiger partial charge on any atom is 0.262 e. The SMILES string of the molecule is C[C@@H](Sc1nc2ccccc2c(=O)n1Cc1ccc(F)cc1)C(=O)NCc1ccccc1. The van der Waals surface area contributed by atoms with Crippen LogP contribution in [0.15, 0.2) is 88.8 Å². The third-order valence-electron chi connectivity index (χ3n) is 5.04. The number of benzene rings is 3. The molecule has 1 aromatic heterocycles. The number of thioether (sulfide) groups is 1. The maximum atomic E-state index is 13.3. The van der Waals surface area contributed by atoms with Gasteiger partial charge in [-0.1, -0.05) is 66.4 Å². The molecule has 1 N–H and O–H groups in total. The minimum Gasteiger partial charge on any atom is -0.351 e. The molecule has 4 aromatic rings. The van der Waals surface area contributed by atoms with Crippen LogP contribution in [0.3, 0.4) is 0 Å². The molecule has 0 saturated heterocycles. The first-order chi connectivity index (χ1) is 15.5. The summed E-state index contributed by atoms with van der Waals surface area (Å²) in [6.07, 6.45) is 0. The number of carbonyl (C=O) groups is 1. The number of amides is 1. The summed E-state index contributed by atoms with van der Waals surface area (Å²) in [4.78, 5) is 30.6. The van der Waals surface area contributed by atoms with E-state index in [4.69, 9.17) is 0 Å². The Balaban J connectivity index is 1.60. The third kappa shape index (κ3) is 5.06. The van der Waals surface area contributed by atoms with Crippen molar-refractivity contribution in [3.05, 3.63) is 106 Å². The number of halogens is 1. The molecule has 0 bridgehead atoms. The van der Waals surface area contributed by atoms with Gasteiger partial charge in [0.1, 0.15) is 5.82 Å². The molecule has 0 saturated carbocycles. The quantitative estimate of drug-likeness (QED) is 0.337. The summed E-state index contributed by atoms with van der Waals surface area (Å²) in [6, 6.07) is 22.8. The topological polar surface area (TPSA) is 64.0 Å². The summed E-state index contributed by atoms with van der Waals surface area (Å²) >= 11 is 1.23. The summed E-state index contributed by atoms with van der Waals surface area (Å²) in [7, 11) is 0. The molecule has 32 heavy (non-hydrogen) atoms. The molecule has 7 heteroatoms. The van der Waals surface area contributed by atoms with E-state index in [1.165, 1.54) is 23.9 Å². The molecule has 162 valence electrons. The number of hydrogen-bond donors (Lipinski definition) is 1. The van der Waals surface area contributed by atoms with Gasteiger partial charge in [-0.3, -0.25) is 14.2 Å². The lowest BCUT2D eigenvalue weighted by atomic mass is 10.2. The average molecular weight is 448 g/mol. The van der Waals surface area contributed by atoms with E-state index in [1.807, 2.05) is 36.4 Å². The second-order valence-electron chi connectivity index (χ2n) is 7.39. The van der Waals surface area contributed by atoms with Crippen LogP contribution in [0.2, 0.25) is 0 Å². The van der Waals surface area contributed by atoms with E-state index in [2.05, 4.69) is 10.3 Å². The van der Waals surface area contributed by atoms with Crippen molar-refractivity contribution in [3.63, 3.8) is 0 Å². The lowest BCUT2D eigenvalue weighted by molar-refractivity contribution is -0.120. The zero-order chi connectivity index (χ0) is 22.5. The van der Waals surface area contributed by atoms with Crippen molar-refractivity contribution < 1.29 is 9.18 Å². The zero-order valence-corrected chi connectivity index (χ0v) is 18.3. The van der Waals surface area contributed by atoms with Crippen LogP contribution in [0, 0.1) is 5.82 Å². The van der Waals surface area contributed by atoms with Gasteiger partial charge in [0, 0.05) is 6.54 Å². The highest BCUT2D eigenvalue weighted by atomic mass is 32.2. The molecule has 0 aliphatic carbocycles. The normalized spacial score (nSPS) is 11.9. The summed E-state index contributed by atoms with van der Waals surface area (Å²) < 4.78 is 14.9. The number of para-hydroxylation sites is 1. The molecular weight excluding hydrogens is 425 g/mol. The van der Waals surface area contributed by atoms with E-state index in [0.717, 1.165) is 11.1 Å². The molecule has 5 nitrogen and oxygen atoms in total. The largest absolute Gasteiger partial charge is 0.351 e. The van der Waals surface area contributed by atoms with Crippen molar-refractivity contribution in [1.82, 2.24) is 14.9 Å². The molecule has 1 atom stereocenters. The van der Waals surface area contributed by atoms with E-state index >= 15 is 0 Å². The minimum absolute atomic E-state index is 0.144. The van der Waals surface area contributed by atoms with Crippen LogP contribution in [-0.4, -0.2) is 20.7 Å². The van der Waals surface area contributed by atoms with E-state index in [-0.39, 0.29) is 23.8 Å². The number of hydrogen-bond acceptors (Lipinski definition) is 4. The molecule has 0 unspecified atom stereocenters. The lowest BCUT2D eigenvalue weighted by Crippen LogP contribution is -2.31. The van der Waals surface area contributed by atoms with Crippen molar-refractivity contribution in [3.8, 4) is 0 Å². The van der Waals surface area contributed by atoms with Gasteiger partial charge in [0.15, 0.2) is 5.16 Å². The van der Waals surface area contributed by atoms with E-state index in [1.54, 1.807) is 41.8 Å². The zero-order valence-electron chi connectivity index (χ0n) is 17.5. The Morgan fingerprint density at radius 2 is 1.69 bits per heavy atom. The van der Waals surface area contributed by atoms with Gasteiger partial charge >= 0.3 is 0 Å². The predicted octanol–water partition coefficient (Wildman–Crippen LogP) is 4.38.